The Morgan fingerprint density at radius 2 is 1.77 bits per heavy atom. The summed E-state index contributed by atoms with van der Waals surface area (Å²) in [5, 5.41) is 4.18. The van der Waals surface area contributed by atoms with E-state index in [-0.39, 0.29) is 18.0 Å². The van der Waals surface area contributed by atoms with E-state index in [1.54, 1.807) is 0 Å². The Balaban J connectivity index is 1.32. The highest BCUT2D eigenvalue weighted by atomic mass is 16.1. The van der Waals surface area contributed by atoms with Gasteiger partial charge in [0, 0.05) is 79.9 Å². The van der Waals surface area contributed by atoms with E-state index in [1.807, 2.05) is 39.4 Å². The van der Waals surface area contributed by atoms with E-state index in [0.29, 0.717) is 11.1 Å². The van der Waals surface area contributed by atoms with E-state index >= 15 is 0 Å². The number of pyridine rings is 2. The number of hydrogen-bond acceptors (Lipinski definition) is 5. The normalized spacial score (nSPS) is 15.8. The Morgan fingerprint density at radius 1 is 1.02 bits per heavy atom. The Kier molecular flexibility index (Phi) is 6.96. The first kappa shape index (κ1) is 26.3. The largest absolute Gasteiger partial charge is 0.354 e. The molecule has 2 N–H and O–H groups in total. The zero-order chi connectivity index (χ0) is 28.0. The number of aromatic amines is 1. The van der Waals surface area contributed by atoms with Crippen LogP contribution in [0.4, 0.5) is 5.82 Å². The van der Waals surface area contributed by atoms with Gasteiger partial charge < -0.3 is 24.7 Å². The summed E-state index contributed by atoms with van der Waals surface area (Å²) in [6.45, 7) is 8.18. The molecule has 1 fully saturated rings. The third-order valence-electron chi connectivity index (χ3n) is 8.83. The van der Waals surface area contributed by atoms with Gasteiger partial charge in [0.05, 0.1) is 5.52 Å². The Labute approximate surface area is 235 Å². The molecule has 1 saturated heterocycles. The zero-order valence-corrected chi connectivity index (χ0v) is 23.9. The average molecular weight is 539 g/mol. The molecule has 1 aromatic carbocycles. The Hall–Kier alpha value is -3.91. The summed E-state index contributed by atoms with van der Waals surface area (Å²) in [5.41, 5.74) is 8.43. The number of carbonyl (C=O) groups is 1. The molecule has 0 bridgehead atoms. The first-order valence-electron chi connectivity index (χ1n) is 14.3. The number of amides is 1. The first-order valence-corrected chi connectivity index (χ1v) is 14.3. The summed E-state index contributed by atoms with van der Waals surface area (Å²) in [5.74, 6) is 0.811. The van der Waals surface area contributed by atoms with Crippen molar-refractivity contribution in [2.45, 2.75) is 46.1 Å². The van der Waals surface area contributed by atoms with Gasteiger partial charge >= 0.3 is 0 Å². The molecule has 0 unspecified atom stereocenters. The van der Waals surface area contributed by atoms with Crippen molar-refractivity contribution in [2.75, 3.05) is 38.1 Å². The molecular formula is C32H38N6O2. The number of likely N-dealkylation sites (N-methyl/N-ethyl adjacent to an activating group) is 1. The van der Waals surface area contributed by atoms with Gasteiger partial charge in [0.15, 0.2) is 0 Å². The number of nitrogens with zero attached hydrogens (tertiary/aromatic N) is 4. The second kappa shape index (κ2) is 10.6. The van der Waals surface area contributed by atoms with Crippen LogP contribution in [0.2, 0.25) is 0 Å². The quantitative estimate of drug-likeness (QED) is 0.400. The van der Waals surface area contributed by atoms with Gasteiger partial charge in [0.1, 0.15) is 5.82 Å². The SMILES string of the molecule is Cc1[nH]c(=O)c(CNC(=O)c2cc(-c3ccc(N4CCN(C)CC4)nc3)c3ccn(C)c3c2C)c2c1CCCC2. The van der Waals surface area contributed by atoms with E-state index in [9.17, 15) is 9.59 Å². The molecule has 3 aromatic heterocycles. The summed E-state index contributed by atoms with van der Waals surface area (Å²) in [7, 11) is 4.16. The van der Waals surface area contributed by atoms with Gasteiger partial charge in [-0.25, -0.2) is 4.98 Å². The monoisotopic (exact) mass is 538 g/mol. The van der Waals surface area contributed by atoms with Gasteiger partial charge in [-0.15, -0.1) is 0 Å². The number of piperazine rings is 1. The van der Waals surface area contributed by atoms with Crippen LogP contribution in [-0.2, 0) is 26.4 Å². The van der Waals surface area contributed by atoms with Crippen molar-refractivity contribution in [3.63, 3.8) is 0 Å². The molecule has 40 heavy (non-hydrogen) atoms. The highest BCUT2D eigenvalue weighted by Gasteiger charge is 2.22. The van der Waals surface area contributed by atoms with Crippen LogP contribution in [0.3, 0.4) is 0 Å². The summed E-state index contributed by atoms with van der Waals surface area (Å²) in [6.07, 6.45) is 8.03. The lowest BCUT2D eigenvalue weighted by molar-refractivity contribution is 0.0950. The highest BCUT2D eigenvalue weighted by Crippen LogP contribution is 2.34. The smallest absolute Gasteiger partial charge is 0.253 e. The molecule has 1 amide bonds. The van der Waals surface area contributed by atoms with Crippen LogP contribution in [0, 0.1) is 13.8 Å². The maximum atomic E-state index is 13.7. The Morgan fingerprint density at radius 3 is 2.50 bits per heavy atom. The third-order valence-corrected chi connectivity index (χ3v) is 8.83. The number of anilines is 1. The maximum absolute atomic E-state index is 13.7. The fourth-order valence-corrected chi connectivity index (χ4v) is 6.48. The van der Waals surface area contributed by atoms with E-state index in [1.165, 1.54) is 5.56 Å². The molecule has 8 nitrogen and oxygen atoms in total. The van der Waals surface area contributed by atoms with Crippen molar-refractivity contribution in [1.29, 1.82) is 0 Å². The minimum Gasteiger partial charge on any atom is -0.354 e. The molecule has 2 aliphatic rings. The van der Waals surface area contributed by atoms with Crippen LogP contribution in [-0.4, -0.2) is 58.6 Å². The molecule has 0 spiro atoms. The van der Waals surface area contributed by atoms with Crippen LogP contribution in [0.5, 0.6) is 0 Å². The maximum Gasteiger partial charge on any atom is 0.253 e. The molecule has 0 saturated carbocycles. The third kappa shape index (κ3) is 4.70. The summed E-state index contributed by atoms with van der Waals surface area (Å²) in [4.78, 5) is 39.0. The van der Waals surface area contributed by atoms with E-state index in [4.69, 9.17) is 4.98 Å². The predicted molar refractivity (Wildman–Crippen MR) is 160 cm³/mol. The molecule has 1 aliphatic carbocycles. The second-order valence-electron chi connectivity index (χ2n) is 11.4. The van der Waals surface area contributed by atoms with Crippen molar-refractivity contribution in [1.82, 2.24) is 24.8 Å². The molecule has 4 heterocycles. The van der Waals surface area contributed by atoms with E-state index in [0.717, 1.165) is 96.5 Å². The number of hydrogen-bond donors (Lipinski definition) is 2. The van der Waals surface area contributed by atoms with Gasteiger partial charge in [-0.1, -0.05) is 0 Å². The summed E-state index contributed by atoms with van der Waals surface area (Å²) >= 11 is 0. The van der Waals surface area contributed by atoms with Crippen LogP contribution in [0.15, 0.2) is 41.5 Å². The fraction of sp³-hybridized carbons (Fsp3) is 0.406. The lowest BCUT2D eigenvalue weighted by Crippen LogP contribution is -2.44. The molecule has 6 rings (SSSR count). The number of fused-ring (bicyclic) bond motifs is 2. The average Bonchev–Trinajstić information content (AvgIpc) is 3.35. The van der Waals surface area contributed by atoms with Crippen LogP contribution in [0.25, 0.3) is 22.0 Å². The van der Waals surface area contributed by atoms with Crippen molar-refractivity contribution >= 4 is 22.6 Å². The van der Waals surface area contributed by atoms with Crippen LogP contribution < -0.4 is 15.8 Å². The molecule has 0 radical (unpaired) electrons. The summed E-state index contributed by atoms with van der Waals surface area (Å²) in [6, 6.07) is 8.28. The highest BCUT2D eigenvalue weighted by molar-refractivity contribution is 6.06. The number of rotatable bonds is 5. The van der Waals surface area contributed by atoms with E-state index < -0.39 is 0 Å². The van der Waals surface area contributed by atoms with Crippen LogP contribution >= 0.6 is 0 Å². The topological polar surface area (TPSA) is 86.3 Å². The van der Waals surface area contributed by atoms with Gasteiger partial charge in [0.25, 0.3) is 11.5 Å². The standard InChI is InChI=1S/C32H38N6O2/c1-20-26(31(39)34-19-28-24-8-6-5-7-23(24)21(2)35-32(28)40)17-27(25-11-12-37(4)30(20)25)22-9-10-29(33-18-22)38-15-13-36(3)14-16-38/h9-12,17-18H,5-8,13-16,19H2,1-4H3,(H,34,39)(H,35,40). The number of H-pyrrole nitrogens is 1. The number of aromatic nitrogens is 3. The van der Waals surface area contributed by atoms with Crippen LogP contribution in [0.1, 0.15) is 51.1 Å². The van der Waals surface area contributed by atoms with Crippen molar-refractivity contribution in [3.05, 3.63) is 80.5 Å². The molecule has 1 aliphatic heterocycles. The lowest BCUT2D eigenvalue weighted by atomic mass is 9.88. The minimum absolute atomic E-state index is 0.0970. The number of aryl methyl sites for hydroxylation is 3. The van der Waals surface area contributed by atoms with Gasteiger partial charge in [-0.05, 0) is 93.1 Å². The number of benzene rings is 1. The number of nitrogens with one attached hydrogen (secondary N) is 2. The molecule has 208 valence electrons. The Bertz CT molecular complexity index is 1640. The lowest BCUT2D eigenvalue weighted by Gasteiger charge is -2.33. The molecular weight excluding hydrogens is 500 g/mol. The van der Waals surface area contributed by atoms with Crippen molar-refractivity contribution < 1.29 is 4.79 Å². The predicted octanol–water partition coefficient (Wildman–Crippen LogP) is 4.11. The second-order valence-corrected chi connectivity index (χ2v) is 11.4. The zero-order valence-electron chi connectivity index (χ0n) is 23.9. The van der Waals surface area contributed by atoms with Crippen molar-refractivity contribution in [3.8, 4) is 11.1 Å². The summed E-state index contributed by atoms with van der Waals surface area (Å²) < 4.78 is 2.07. The fourth-order valence-electron chi connectivity index (χ4n) is 6.48. The van der Waals surface area contributed by atoms with Gasteiger partial charge in [-0.2, -0.15) is 0 Å². The van der Waals surface area contributed by atoms with Gasteiger partial charge in [-0.3, -0.25) is 9.59 Å². The molecule has 4 aromatic rings. The molecule has 8 heteroatoms. The minimum atomic E-state index is -0.173. The molecule has 0 atom stereocenters. The first-order chi connectivity index (χ1) is 19.3. The number of carbonyl (C=O) groups excluding carboxylic acids is 1. The van der Waals surface area contributed by atoms with E-state index in [2.05, 4.69) is 49.9 Å². The van der Waals surface area contributed by atoms with Crippen molar-refractivity contribution in [2.24, 2.45) is 7.05 Å². The van der Waals surface area contributed by atoms with Gasteiger partial charge in [0.2, 0.25) is 0 Å².